The second-order valence-corrected chi connectivity index (χ2v) is 5.18. The molecule has 0 aliphatic carbocycles. The van der Waals surface area contributed by atoms with E-state index in [0.29, 0.717) is 0 Å². The van der Waals surface area contributed by atoms with Gasteiger partial charge >= 0.3 is 0 Å². The topological polar surface area (TPSA) is 48.7 Å². The van der Waals surface area contributed by atoms with Crippen LogP contribution in [0.4, 0.5) is 5.69 Å². The van der Waals surface area contributed by atoms with Gasteiger partial charge in [-0.15, -0.1) is 23.1 Å². The van der Waals surface area contributed by atoms with E-state index in [-0.39, 0.29) is 0 Å². The summed E-state index contributed by atoms with van der Waals surface area (Å²) < 4.78 is 0. The number of nitrogens with zero attached hydrogens (tertiary/aromatic N) is 2. The zero-order valence-corrected chi connectivity index (χ0v) is 10.9. The average molecular weight is 261 g/mol. The van der Waals surface area contributed by atoms with Crippen molar-refractivity contribution >= 4 is 28.8 Å². The van der Waals surface area contributed by atoms with Crippen molar-refractivity contribution < 1.29 is 0 Å². The van der Waals surface area contributed by atoms with Crippen LogP contribution in [0.5, 0.6) is 0 Å². The van der Waals surface area contributed by atoms with E-state index in [9.17, 15) is 0 Å². The number of thiophene rings is 1. The zero-order chi connectivity index (χ0) is 12.1. The molecular formula is C12H11N3S2. The lowest BCUT2D eigenvalue weighted by molar-refractivity contribution is 1.11. The number of anilines is 1. The van der Waals surface area contributed by atoms with Gasteiger partial charge in [0.1, 0.15) is 6.07 Å². The van der Waals surface area contributed by atoms with E-state index in [1.807, 2.05) is 36.0 Å². The fraction of sp³-hybridized carbons (Fsp3) is 0.167. The third-order valence-electron chi connectivity index (χ3n) is 2.20. The molecule has 5 heteroatoms. The van der Waals surface area contributed by atoms with E-state index >= 15 is 0 Å². The Hall–Kier alpha value is -1.51. The maximum absolute atomic E-state index is 8.72. The molecule has 86 valence electrons. The van der Waals surface area contributed by atoms with Gasteiger partial charge in [-0.2, -0.15) is 5.26 Å². The smallest absolute Gasteiger partial charge is 0.100 e. The van der Waals surface area contributed by atoms with Gasteiger partial charge in [0.05, 0.1) is 22.5 Å². The van der Waals surface area contributed by atoms with Gasteiger partial charge in [-0.3, -0.25) is 0 Å². The lowest BCUT2D eigenvalue weighted by Crippen LogP contribution is -1.97. The highest BCUT2D eigenvalue weighted by Gasteiger charge is 1.99. The first-order valence-corrected chi connectivity index (χ1v) is 7.13. The number of hydrogen-bond acceptors (Lipinski definition) is 5. The molecule has 0 amide bonds. The highest BCUT2D eigenvalue weighted by molar-refractivity contribution is 7.98. The van der Waals surface area contributed by atoms with Gasteiger partial charge in [-0.1, -0.05) is 0 Å². The van der Waals surface area contributed by atoms with Crippen molar-refractivity contribution in [3.63, 3.8) is 0 Å². The third-order valence-corrected chi connectivity index (χ3v) is 3.79. The molecule has 0 saturated carbocycles. The number of nitriles is 1. The Balaban J connectivity index is 1.95. The Morgan fingerprint density at radius 2 is 2.41 bits per heavy atom. The summed E-state index contributed by atoms with van der Waals surface area (Å²) in [5, 5.41) is 14.9. The second-order valence-electron chi connectivity index (χ2n) is 3.36. The van der Waals surface area contributed by atoms with Crippen molar-refractivity contribution in [2.24, 2.45) is 0 Å². The molecule has 0 aliphatic heterocycles. The van der Waals surface area contributed by atoms with Crippen molar-refractivity contribution in [1.29, 1.82) is 5.26 Å². The zero-order valence-electron chi connectivity index (χ0n) is 9.30. The van der Waals surface area contributed by atoms with Crippen LogP contribution < -0.4 is 5.32 Å². The van der Waals surface area contributed by atoms with Crippen LogP contribution in [-0.4, -0.2) is 11.2 Å². The monoisotopic (exact) mass is 261 g/mol. The van der Waals surface area contributed by atoms with E-state index in [1.165, 1.54) is 0 Å². The maximum atomic E-state index is 8.72. The number of hydrogen-bond donors (Lipinski definition) is 1. The van der Waals surface area contributed by atoms with Gasteiger partial charge < -0.3 is 5.32 Å². The average Bonchev–Trinajstić information content (AvgIpc) is 2.85. The Morgan fingerprint density at radius 1 is 1.53 bits per heavy atom. The summed E-state index contributed by atoms with van der Waals surface area (Å²) in [6, 6.07) is 8.03. The van der Waals surface area contributed by atoms with Gasteiger partial charge in [-0.05, 0) is 24.5 Å². The molecular weight excluding hydrogens is 250 g/mol. The van der Waals surface area contributed by atoms with Crippen LogP contribution in [0.1, 0.15) is 10.4 Å². The summed E-state index contributed by atoms with van der Waals surface area (Å²) in [4.78, 5) is 5.43. The Morgan fingerprint density at radius 3 is 3.00 bits per heavy atom. The van der Waals surface area contributed by atoms with E-state index in [4.69, 9.17) is 5.26 Å². The molecule has 2 heterocycles. The molecule has 0 saturated heterocycles. The number of thioether (sulfide) groups is 1. The van der Waals surface area contributed by atoms with Gasteiger partial charge in [0.15, 0.2) is 0 Å². The Kier molecular flexibility index (Phi) is 4.02. The predicted molar refractivity (Wildman–Crippen MR) is 72.4 cm³/mol. The molecule has 2 aromatic heterocycles. The maximum Gasteiger partial charge on any atom is 0.100 e. The van der Waals surface area contributed by atoms with Crippen LogP contribution in [0.25, 0.3) is 0 Å². The molecule has 0 atom stereocenters. The summed E-state index contributed by atoms with van der Waals surface area (Å²) in [6.45, 7) is 0.729. The second kappa shape index (κ2) is 5.71. The molecule has 0 bridgehead atoms. The Bertz CT molecular complexity index is 525. The largest absolute Gasteiger partial charge is 0.379 e. The standard InChI is InChI=1S/C12H11N3S2/c1-16-12-3-2-10(6-15-12)14-7-11-4-9(5-13)8-17-11/h2-4,6,8,14H,7H2,1H3. The lowest BCUT2D eigenvalue weighted by atomic mass is 10.3. The minimum atomic E-state index is 0.725. The first-order valence-electron chi connectivity index (χ1n) is 5.03. The minimum absolute atomic E-state index is 0.725. The van der Waals surface area contributed by atoms with Gasteiger partial charge in [-0.25, -0.2) is 4.98 Å². The molecule has 2 aromatic rings. The summed E-state index contributed by atoms with van der Waals surface area (Å²) >= 11 is 3.22. The number of nitrogens with one attached hydrogen (secondary N) is 1. The van der Waals surface area contributed by atoms with Crippen molar-refractivity contribution in [3.8, 4) is 6.07 Å². The Labute approximate surface area is 109 Å². The highest BCUT2D eigenvalue weighted by atomic mass is 32.2. The SMILES string of the molecule is CSc1ccc(NCc2cc(C#N)cs2)cn1. The summed E-state index contributed by atoms with van der Waals surface area (Å²) in [7, 11) is 0. The van der Waals surface area contributed by atoms with Crippen LogP contribution in [0.3, 0.4) is 0 Å². The third kappa shape index (κ3) is 3.22. The van der Waals surface area contributed by atoms with E-state index in [0.717, 1.165) is 27.7 Å². The highest BCUT2D eigenvalue weighted by Crippen LogP contribution is 2.17. The summed E-state index contributed by atoms with van der Waals surface area (Å²) in [6.07, 6.45) is 3.83. The van der Waals surface area contributed by atoms with Crippen molar-refractivity contribution in [3.05, 3.63) is 40.2 Å². The van der Waals surface area contributed by atoms with E-state index < -0.39 is 0 Å². The summed E-state index contributed by atoms with van der Waals surface area (Å²) in [5.41, 5.74) is 1.72. The van der Waals surface area contributed by atoms with Crippen LogP contribution in [-0.2, 0) is 6.54 Å². The number of pyridine rings is 1. The van der Waals surface area contributed by atoms with Crippen LogP contribution >= 0.6 is 23.1 Å². The van der Waals surface area contributed by atoms with Gasteiger partial charge in [0, 0.05) is 16.8 Å². The lowest BCUT2D eigenvalue weighted by Gasteiger charge is -2.04. The summed E-state index contributed by atoms with van der Waals surface area (Å²) in [5.74, 6) is 0. The molecule has 17 heavy (non-hydrogen) atoms. The molecule has 0 fully saturated rings. The molecule has 0 aliphatic rings. The molecule has 3 nitrogen and oxygen atoms in total. The van der Waals surface area contributed by atoms with Crippen LogP contribution in [0.15, 0.2) is 34.8 Å². The van der Waals surface area contributed by atoms with Crippen molar-refractivity contribution in [2.75, 3.05) is 11.6 Å². The van der Waals surface area contributed by atoms with Crippen LogP contribution in [0.2, 0.25) is 0 Å². The van der Waals surface area contributed by atoms with Gasteiger partial charge in [0.25, 0.3) is 0 Å². The first-order chi connectivity index (χ1) is 8.31. The molecule has 0 aromatic carbocycles. The number of aromatic nitrogens is 1. The normalized spacial score (nSPS) is 9.88. The molecule has 2 rings (SSSR count). The molecule has 0 unspecified atom stereocenters. The first kappa shape index (κ1) is 12.0. The number of rotatable bonds is 4. The molecule has 0 radical (unpaired) electrons. The van der Waals surface area contributed by atoms with E-state index in [1.54, 1.807) is 23.1 Å². The fourth-order valence-electron chi connectivity index (χ4n) is 1.33. The predicted octanol–water partition coefficient (Wildman–Crippen LogP) is 3.35. The fourth-order valence-corrected chi connectivity index (χ4v) is 2.44. The van der Waals surface area contributed by atoms with E-state index in [2.05, 4.69) is 16.4 Å². The van der Waals surface area contributed by atoms with Crippen LogP contribution in [0, 0.1) is 11.3 Å². The van der Waals surface area contributed by atoms with Gasteiger partial charge in [0.2, 0.25) is 0 Å². The minimum Gasteiger partial charge on any atom is -0.379 e. The van der Waals surface area contributed by atoms with Crippen molar-refractivity contribution in [1.82, 2.24) is 4.98 Å². The van der Waals surface area contributed by atoms with Crippen molar-refractivity contribution in [2.45, 2.75) is 11.6 Å². The quantitative estimate of drug-likeness (QED) is 0.857. The molecule has 0 spiro atoms. The molecule has 1 N–H and O–H groups in total.